The third-order valence-electron chi connectivity index (χ3n) is 11.8. The van der Waals surface area contributed by atoms with Crippen LogP contribution in [0.5, 0.6) is 0 Å². The van der Waals surface area contributed by atoms with E-state index in [4.69, 9.17) is 14.2 Å². The third kappa shape index (κ3) is 5.26. The fraction of sp³-hybridized carbons (Fsp3) is 0.583. The summed E-state index contributed by atoms with van der Waals surface area (Å²) in [5.41, 5.74) is 1.28. The van der Waals surface area contributed by atoms with Gasteiger partial charge in [0.1, 0.15) is 12.2 Å². The summed E-state index contributed by atoms with van der Waals surface area (Å²) in [5, 5.41) is 0. The zero-order chi connectivity index (χ0) is 29.4. The molecular weight excluding hydrogens is 528 g/mol. The molecule has 10 unspecified atom stereocenters. The molecule has 4 saturated carbocycles. The van der Waals surface area contributed by atoms with Crippen molar-refractivity contribution in [3.8, 4) is 0 Å². The lowest BCUT2D eigenvalue weighted by molar-refractivity contribution is -0.155. The normalized spacial score (nSPS) is 36.0. The van der Waals surface area contributed by atoms with E-state index in [2.05, 4.69) is 6.92 Å². The van der Waals surface area contributed by atoms with Crippen LogP contribution in [0.3, 0.4) is 0 Å². The number of methoxy groups -OCH3 is 1. The molecule has 6 rings (SSSR count). The quantitative estimate of drug-likeness (QED) is 0.271. The number of hydrogen-bond acceptors (Lipinski definition) is 6. The first kappa shape index (κ1) is 28.9. The van der Waals surface area contributed by atoms with Gasteiger partial charge in [-0.3, -0.25) is 4.79 Å². The molecule has 4 aliphatic rings. The van der Waals surface area contributed by atoms with Crippen LogP contribution in [0.15, 0.2) is 60.7 Å². The van der Waals surface area contributed by atoms with Gasteiger partial charge in [0.15, 0.2) is 0 Å². The first-order valence-electron chi connectivity index (χ1n) is 15.9. The molecule has 0 heterocycles. The highest BCUT2D eigenvalue weighted by atomic mass is 16.5. The SMILES string of the molecule is COC(=O)C(C)C1CCC2C3CCC4CC(OC(=O)c5ccccc5)CCC4(C)C3CC(OC(=O)c3ccccc3)C12. The summed E-state index contributed by atoms with van der Waals surface area (Å²) in [6.45, 7) is 4.43. The fourth-order valence-electron chi connectivity index (χ4n) is 9.65. The second-order valence-corrected chi connectivity index (χ2v) is 13.6. The highest BCUT2D eigenvalue weighted by Crippen LogP contribution is 2.65. The van der Waals surface area contributed by atoms with E-state index in [0.717, 1.165) is 51.4 Å². The Morgan fingerprint density at radius 2 is 1.40 bits per heavy atom. The maximum atomic E-state index is 13.4. The van der Waals surface area contributed by atoms with E-state index < -0.39 is 0 Å². The number of rotatable bonds is 6. The van der Waals surface area contributed by atoms with Crippen molar-refractivity contribution in [2.75, 3.05) is 7.11 Å². The monoisotopic (exact) mass is 572 g/mol. The second kappa shape index (κ2) is 11.9. The van der Waals surface area contributed by atoms with Gasteiger partial charge in [0, 0.05) is 5.92 Å². The number of benzene rings is 2. The van der Waals surface area contributed by atoms with Crippen molar-refractivity contribution in [1.82, 2.24) is 0 Å². The maximum Gasteiger partial charge on any atom is 0.338 e. The average Bonchev–Trinajstić information content (AvgIpc) is 3.47. The molecule has 0 aromatic heterocycles. The van der Waals surface area contributed by atoms with E-state index in [1.54, 1.807) is 0 Å². The smallest absolute Gasteiger partial charge is 0.338 e. The minimum atomic E-state index is -0.275. The van der Waals surface area contributed by atoms with Crippen LogP contribution in [-0.4, -0.2) is 37.2 Å². The Balaban J connectivity index is 1.23. The number of carbonyl (C=O) groups is 3. The zero-order valence-electron chi connectivity index (χ0n) is 25.1. The van der Waals surface area contributed by atoms with Crippen molar-refractivity contribution in [1.29, 1.82) is 0 Å². The highest BCUT2D eigenvalue weighted by Gasteiger charge is 2.61. The average molecular weight is 573 g/mol. The van der Waals surface area contributed by atoms with Crippen molar-refractivity contribution < 1.29 is 28.6 Å². The highest BCUT2D eigenvalue weighted by molar-refractivity contribution is 5.90. The van der Waals surface area contributed by atoms with E-state index in [1.165, 1.54) is 7.11 Å². The Morgan fingerprint density at radius 1 is 0.786 bits per heavy atom. The fourth-order valence-corrected chi connectivity index (χ4v) is 9.65. The molecule has 0 radical (unpaired) electrons. The predicted molar refractivity (Wildman–Crippen MR) is 158 cm³/mol. The number of fused-ring (bicyclic) bond motifs is 5. The molecule has 0 saturated heterocycles. The Hall–Kier alpha value is -3.15. The molecule has 2 aromatic carbocycles. The molecule has 6 nitrogen and oxygen atoms in total. The Labute approximate surface area is 249 Å². The second-order valence-electron chi connectivity index (χ2n) is 13.6. The lowest BCUT2D eigenvalue weighted by atomic mass is 9.46. The van der Waals surface area contributed by atoms with Crippen molar-refractivity contribution in [3.63, 3.8) is 0 Å². The summed E-state index contributed by atoms with van der Waals surface area (Å²) in [4.78, 5) is 38.9. The third-order valence-corrected chi connectivity index (χ3v) is 11.8. The summed E-state index contributed by atoms with van der Waals surface area (Å²) in [5.74, 6) is 1.30. The molecule has 224 valence electrons. The van der Waals surface area contributed by atoms with Crippen molar-refractivity contribution in [2.45, 2.75) is 77.4 Å². The van der Waals surface area contributed by atoms with Crippen LogP contribution in [0, 0.1) is 46.8 Å². The number of esters is 3. The van der Waals surface area contributed by atoms with Crippen LogP contribution < -0.4 is 0 Å². The van der Waals surface area contributed by atoms with Gasteiger partial charge in [-0.2, -0.15) is 0 Å². The molecule has 2 aromatic rings. The maximum absolute atomic E-state index is 13.4. The van der Waals surface area contributed by atoms with E-state index in [9.17, 15) is 14.4 Å². The first-order valence-corrected chi connectivity index (χ1v) is 15.9. The molecule has 0 bridgehead atoms. The summed E-state index contributed by atoms with van der Waals surface area (Å²) in [7, 11) is 1.46. The van der Waals surface area contributed by atoms with Crippen LogP contribution in [0.25, 0.3) is 0 Å². The van der Waals surface area contributed by atoms with E-state index in [0.29, 0.717) is 34.8 Å². The van der Waals surface area contributed by atoms with Gasteiger partial charge in [0.05, 0.1) is 24.2 Å². The van der Waals surface area contributed by atoms with Crippen molar-refractivity contribution in [2.24, 2.45) is 46.8 Å². The largest absolute Gasteiger partial charge is 0.469 e. The van der Waals surface area contributed by atoms with Crippen LogP contribution in [-0.2, 0) is 19.0 Å². The van der Waals surface area contributed by atoms with Gasteiger partial charge >= 0.3 is 17.9 Å². The van der Waals surface area contributed by atoms with Crippen molar-refractivity contribution in [3.05, 3.63) is 71.8 Å². The molecule has 10 atom stereocenters. The molecule has 0 N–H and O–H groups in total. The Kier molecular flexibility index (Phi) is 8.17. The van der Waals surface area contributed by atoms with Gasteiger partial charge in [-0.15, -0.1) is 0 Å². The standard InChI is InChI=1S/C36H44O6/c1-22(33(37)40-3)27-16-17-29-28-15-14-25-20-26(41-34(38)23-10-6-4-7-11-23)18-19-36(25,2)30(28)21-31(32(27)29)42-35(39)24-12-8-5-9-13-24/h4-13,22,25-32H,14-21H2,1-3H3. The van der Waals surface area contributed by atoms with Gasteiger partial charge in [0.2, 0.25) is 0 Å². The van der Waals surface area contributed by atoms with Crippen LogP contribution >= 0.6 is 0 Å². The first-order chi connectivity index (χ1) is 20.3. The van der Waals surface area contributed by atoms with E-state index in [1.807, 2.05) is 67.6 Å². The van der Waals surface area contributed by atoms with Crippen LogP contribution in [0.1, 0.15) is 85.9 Å². The van der Waals surface area contributed by atoms with Crippen LogP contribution in [0.4, 0.5) is 0 Å². The molecular formula is C36H44O6. The predicted octanol–water partition coefficient (Wildman–Crippen LogP) is 7.13. The van der Waals surface area contributed by atoms with Gasteiger partial charge < -0.3 is 14.2 Å². The lowest BCUT2D eigenvalue weighted by Crippen LogP contribution is -2.56. The Morgan fingerprint density at radius 3 is 2.05 bits per heavy atom. The Bertz CT molecular complexity index is 1280. The van der Waals surface area contributed by atoms with E-state index >= 15 is 0 Å². The summed E-state index contributed by atoms with van der Waals surface area (Å²) >= 11 is 0. The molecule has 0 spiro atoms. The van der Waals surface area contributed by atoms with E-state index in [-0.39, 0.29) is 53.3 Å². The minimum Gasteiger partial charge on any atom is -0.469 e. The summed E-state index contributed by atoms with van der Waals surface area (Å²) in [6, 6.07) is 18.5. The van der Waals surface area contributed by atoms with Gasteiger partial charge in [0.25, 0.3) is 0 Å². The minimum absolute atomic E-state index is 0.0628. The molecule has 6 heteroatoms. The molecule has 0 amide bonds. The molecule has 42 heavy (non-hydrogen) atoms. The summed E-state index contributed by atoms with van der Waals surface area (Å²) < 4.78 is 17.6. The molecule has 0 aliphatic heterocycles. The molecule has 4 aliphatic carbocycles. The van der Waals surface area contributed by atoms with Gasteiger partial charge in [-0.05, 0) is 111 Å². The number of carbonyl (C=O) groups excluding carboxylic acids is 3. The topological polar surface area (TPSA) is 78.9 Å². The van der Waals surface area contributed by atoms with Crippen molar-refractivity contribution >= 4 is 17.9 Å². The lowest BCUT2D eigenvalue weighted by Gasteiger charge is -2.60. The van der Waals surface area contributed by atoms with Crippen LogP contribution in [0.2, 0.25) is 0 Å². The number of ether oxygens (including phenoxy) is 3. The number of hydrogen-bond donors (Lipinski definition) is 0. The zero-order valence-corrected chi connectivity index (χ0v) is 25.1. The summed E-state index contributed by atoms with van der Waals surface area (Å²) in [6.07, 6.45) is 7.60. The van der Waals surface area contributed by atoms with Gasteiger partial charge in [-0.1, -0.05) is 50.2 Å². The van der Waals surface area contributed by atoms with Gasteiger partial charge in [-0.25, -0.2) is 9.59 Å². The molecule has 4 fully saturated rings.